The van der Waals surface area contributed by atoms with Crippen LogP contribution in [0.4, 0.5) is 5.69 Å². The molecule has 2 aromatic carbocycles. The van der Waals surface area contributed by atoms with Crippen LogP contribution in [0.5, 0.6) is 0 Å². The van der Waals surface area contributed by atoms with Gasteiger partial charge in [-0.15, -0.1) is 0 Å². The molecule has 0 unspecified atom stereocenters. The predicted octanol–water partition coefficient (Wildman–Crippen LogP) is 2.56. The lowest BCUT2D eigenvalue weighted by Gasteiger charge is -2.17. The lowest BCUT2D eigenvalue weighted by Crippen LogP contribution is -2.35. The van der Waals surface area contributed by atoms with E-state index in [9.17, 15) is 24.0 Å². The van der Waals surface area contributed by atoms with Crippen LogP contribution >= 0.6 is 0 Å². The standard InChI is InChI=1S/C25H21N3O6/c1-14-6-7-15(2)20(11-14)28-23(31)17-9-8-16(12-18(17)24(28)32)25(33)34-13-21(29)26-22(30)19-5-4-10-27(19)3/h4-12H,13H2,1-3H3,(H,26,29,30). The van der Waals surface area contributed by atoms with E-state index in [1.807, 2.05) is 19.1 Å². The lowest BCUT2D eigenvalue weighted by atomic mass is 10.1. The van der Waals surface area contributed by atoms with Crippen molar-refractivity contribution in [3.63, 3.8) is 0 Å². The van der Waals surface area contributed by atoms with E-state index in [1.165, 1.54) is 18.2 Å². The molecule has 34 heavy (non-hydrogen) atoms. The van der Waals surface area contributed by atoms with Crippen molar-refractivity contribution < 1.29 is 28.7 Å². The Morgan fingerprint density at radius 2 is 1.68 bits per heavy atom. The minimum Gasteiger partial charge on any atom is -0.452 e. The van der Waals surface area contributed by atoms with Gasteiger partial charge in [-0.25, -0.2) is 9.69 Å². The smallest absolute Gasteiger partial charge is 0.338 e. The zero-order chi connectivity index (χ0) is 24.6. The number of nitrogens with one attached hydrogen (secondary N) is 1. The van der Waals surface area contributed by atoms with Gasteiger partial charge in [0.05, 0.1) is 22.4 Å². The summed E-state index contributed by atoms with van der Waals surface area (Å²) < 4.78 is 6.53. The average molecular weight is 459 g/mol. The van der Waals surface area contributed by atoms with E-state index >= 15 is 0 Å². The summed E-state index contributed by atoms with van der Waals surface area (Å²) in [5.74, 6) is -3.31. The molecule has 0 fully saturated rings. The predicted molar refractivity (Wildman–Crippen MR) is 122 cm³/mol. The molecular weight excluding hydrogens is 438 g/mol. The van der Waals surface area contributed by atoms with E-state index in [2.05, 4.69) is 5.32 Å². The van der Waals surface area contributed by atoms with Gasteiger partial charge in [0.2, 0.25) is 0 Å². The molecule has 1 aromatic heterocycles. The van der Waals surface area contributed by atoms with Gasteiger partial charge in [0.1, 0.15) is 5.69 Å². The quantitative estimate of drug-likeness (QED) is 0.463. The molecule has 0 spiro atoms. The molecule has 0 bridgehead atoms. The minimum absolute atomic E-state index is 0.00396. The number of imide groups is 2. The molecule has 1 N–H and O–H groups in total. The number of amides is 4. The molecule has 0 aliphatic carbocycles. The van der Waals surface area contributed by atoms with Crippen LogP contribution < -0.4 is 10.2 Å². The van der Waals surface area contributed by atoms with Crippen LogP contribution in [0, 0.1) is 13.8 Å². The van der Waals surface area contributed by atoms with Gasteiger partial charge < -0.3 is 9.30 Å². The number of rotatable bonds is 5. The highest BCUT2D eigenvalue weighted by Gasteiger charge is 2.38. The first-order valence-corrected chi connectivity index (χ1v) is 10.4. The SMILES string of the molecule is Cc1ccc(C)c(N2C(=O)c3ccc(C(=O)OCC(=O)NC(=O)c4cccn4C)cc3C2=O)c1. The summed E-state index contributed by atoms with van der Waals surface area (Å²) in [6, 6.07) is 12.7. The summed E-state index contributed by atoms with van der Waals surface area (Å²) in [4.78, 5) is 63.5. The molecule has 4 rings (SSSR count). The molecule has 9 heteroatoms. The summed E-state index contributed by atoms with van der Waals surface area (Å²) >= 11 is 0. The summed E-state index contributed by atoms with van der Waals surface area (Å²) in [5.41, 5.74) is 2.66. The zero-order valence-corrected chi connectivity index (χ0v) is 18.7. The maximum atomic E-state index is 13.0. The normalized spacial score (nSPS) is 12.5. The first kappa shape index (κ1) is 22.7. The van der Waals surface area contributed by atoms with Crippen molar-refractivity contribution in [3.8, 4) is 0 Å². The number of anilines is 1. The van der Waals surface area contributed by atoms with E-state index in [1.54, 1.807) is 42.9 Å². The van der Waals surface area contributed by atoms with Gasteiger partial charge in [-0.2, -0.15) is 0 Å². The van der Waals surface area contributed by atoms with Crippen LogP contribution in [-0.4, -0.2) is 40.8 Å². The van der Waals surface area contributed by atoms with E-state index in [0.717, 1.165) is 16.0 Å². The molecule has 0 saturated carbocycles. The number of esters is 1. The molecule has 9 nitrogen and oxygen atoms in total. The Kier molecular flexibility index (Phi) is 5.85. The highest BCUT2D eigenvalue weighted by Crippen LogP contribution is 2.31. The summed E-state index contributed by atoms with van der Waals surface area (Å²) in [7, 11) is 1.65. The number of hydrogen-bond acceptors (Lipinski definition) is 6. The number of aryl methyl sites for hydroxylation is 3. The third-order valence-corrected chi connectivity index (χ3v) is 5.49. The number of aromatic nitrogens is 1. The summed E-state index contributed by atoms with van der Waals surface area (Å²) in [6.07, 6.45) is 1.65. The van der Waals surface area contributed by atoms with E-state index in [-0.39, 0.29) is 22.4 Å². The first-order valence-electron chi connectivity index (χ1n) is 10.4. The van der Waals surface area contributed by atoms with Crippen molar-refractivity contribution in [2.75, 3.05) is 11.5 Å². The van der Waals surface area contributed by atoms with Gasteiger partial charge in [0, 0.05) is 13.2 Å². The number of nitrogens with zero attached hydrogens (tertiary/aromatic N) is 2. The lowest BCUT2D eigenvalue weighted by molar-refractivity contribution is -0.123. The molecule has 0 saturated heterocycles. The van der Waals surface area contributed by atoms with Crippen LogP contribution in [0.2, 0.25) is 0 Å². The molecule has 3 aromatic rings. The second kappa shape index (κ2) is 8.78. The Morgan fingerprint density at radius 1 is 0.941 bits per heavy atom. The Balaban J connectivity index is 1.45. The fraction of sp³-hybridized carbons (Fsp3) is 0.160. The van der Waals surface area contributed by atoms with Crippen LogP contribution in [0.15, 0.2) is 54.7 Å². The zero-order valence-electron chi connectivity index (χ0n) is 18.7. The van der Waals surface area contributed by atoms with Gasteiger partial charge in [0.15, 0.2) is 6.61 Å². The number of fused-ring (bicyclic) bond motifs is 1. The number of carbonyl (C=O) groups excluding carboxylic acids is 5. The fourth-order valence-corrected chi connectivity index (χ4v) is 3.69. The minimum atomic E-state index is -0.866. The molecule has 2 heterocycles. The van der Waals surface area contributed by atoms with Crippen molar-refractivity contribution in [2.24, 2.45) is 7.05 Å². The number of benzene rings is 2. The van der Waals surface area contributed by atoms with Crippen LogP contribution in [0.3, 0.4) is 0 Å². The topological polar surface area (TPSA) is 115 Å². The van der Waals surface area contributed by atoms with Gasteiger partial charge in [-0.3, -0.25) is 24.5 Å². The maximum Gasteiger partial charge on any atom is 0.338 e. The third kappa shape index (κ3) is 4.11. The largest absolute Gasteiger partial charge is 0.452 e. The molecular formula is C25H21N3O6. The van der Waals surface area contributed by atoms with E-state index in [4.69, 9.17) is 4.74 Å². The van der Waals surface area contributed by atoms with Gasteiger partial charge in [-0.05, 0) is 61.4 Å². The number of hydrogen-bond donors (Lipinski definition) is 1. The number of ether oxygens (including phenoxy) is 1. The Bertz CT molecular complexity index is 1370. The first-order chi connectivity index (χ1) is 16.2. The van der Waals surface area contributed by atoms with Crippen molar-refractivity contribution in [2.45, 2.75) is 13.8 Å². The van der Waals surface area contributed by atoms with Crippen molar-refractivity contribution in [3.05, 3.63) is 88.2 Å². The van der Waals surface area contributed by atoms with Crippen LogP contribution in [0.25, 0.3) is 0 Å². The molecule has 172 valence electrons. The highest BCUT2D eigenvalue weighted by atomic mass is 16.5. The van der Waals surface area contributed by atoms with Gasteiger partial charge >= 0.3 is 5.97 Å². The second-order valence-corrected chi connectivity index (χ2v) is 7.95. The van der Waals surface area contributed by atoms with Crippen LogP contribution in [-0.2, 0) is 16.6 Å². The number of carbonyl (C=O) groups is 5. The molecule has 0 radical (unpaired) electrons. The van der Waals surface area contributed by atoms with Gasteiger partial charge in [0.25, 0.3) is 23.6 Å². The Hall–Kier alpha value is -4.53. The third-order valence-electron chi connectivity index (χ3n) is 5.49. The van der Waals surface area contributed by atoms with Crippen molar-refractivity contribution in [1.29, 1.82) is 0 Å². The fourth-order valence-electron chi connectivity index (χ4n) is 3.69. The molecule has 0 atom stereocenters. The summed E-state index contributed by atoms with van der Waals surface area (Å²) in [5, 5.41) is 2.14. The molecule has 1 aliphatic heterocycles. The van der Waals surface area contributed by atoms with Crippen LogP contribution in [0.1, 0.15) is 52.7 Å². The van der Waals surface area contributed by atoms with Crippen molar-refractivity contribution in [1.82, 2.24) is 9.88 Å². The Morgan fingerprint density at radius 3 is 2.38 bits per heavy atom. The Labute approximate surface area is 194 Å². The van der Waals surface area contributed by atoms with Crippen molar-refractivity contribution >= 4 is 35.3 Å². The second-order valence-electron chi connectivity index (χ2n) is 7.95. The summed E-state index contributed by atoms with van der Waals surface area (Å²) in [6.45, 7) is 2.97. The van der Waals surface area contributed by atoms with E-state index < -0.39 is 36.2 Å². The average Bonchev–Trinajstić information content (AvgIpc) is 3.34. The molecule has 4 amide bonds. The molecule has 1 aliphatic rings. The monoisotopic (exact) mass is 459 g/mol. The van der Waals surface area contributed by atoms with E-state index in [0.29, 0.717) is 5.69 Å². The highest BCUT2D eigenvalue weighted by molar-refractivity contribution is 6.35. The van der Waals surface area contributed by atoms with Gasteiger partial charge in [-0.1, -0.05) is 12.1 Å². The maximum absolute atomic E-state index is 13.0.